The van der Waals surface area contributed by atoms with Gasteiger partial charge >= 0.3 is 0 Å². The lowest BCUT2D eigenvalue weighted by Gasteiger charge is -2.28. The topological polar surface area (TPSA) is 18.0 Å². The zero-order valence-corrected chi connectivity index (χ0v) is 40.5. The number of fused-ring (bicyclic) bond motifs is 14. The van der Waals surface area contributed by atoms with Crippen LogP contribution in [0.5, 0.6) is 0 Å². The summed E-state index contributed by atoms with van der Waals surface area (Å²) in [7, 11) is 0. The predicted octanol–water partition coefficient (Wildman–Crippen LogP) is 18.4. The van der Waals surface area contributed by atoms with Crippen molar-refractivity contribution in [3.63, 3.8) is 0 Å². The van der Waals surface area contributed by atoms with Crippen LogP contribution in [-0.2, 0) is 5.41 Å². The number of nitrogens with zero attached hydrogens (tertiary/aromatic N) is 4. The van der Waals surface area contributed by atoms with Crippen LogP contribution in [0.1, 0.15) is 25.0 Å². The minimum atomic E-state index is -0.260. The Kier molecular flexibility index (Phi) is 8.97. The van der Waals surface area contributed by atoms with Crippen LogP contribution in [0.4, 0.5) is 17.1 Å². The molecule has 0 unspecified atom stereocenters. The maximum Gasteiger partial charge on any atom is 0.0641 e. The lowest BCUT2D eigenvalue weighted by molar-refractivity contribution is 0.660. The summed E-state index contributed by atoms with van der Waals surface area (Å²) < 4.78 is 7.53. The Labute approximate surface area is 423 Å². The molecule has 0 radical (unpaired) electrons. The predicted molar refractivity (Wildman–Crippen MR) is 307 cm³/mol. The first-order valence-electron chi connectivity index (χ1n) is 25.3. The van der Waals surface area contributed by atoms with E-state index in [0.29, 0.717) is 0 Å². The van der Waals surface area contributed by atoms with E-state index < -0.39 is 0 Å². The largest absolute Gasteiger partial charge is 0.310 e. The minimum Gasteiger partial charge on any atom is -0.310 e. The molecule has 11 aromatic carbocycles. The Morgan fingerprint density at radius 1 is 0.301 bits per heavy atom. The summed E-state index contributed by atoms with van der Waals surface area (Å²) in [6.07, 6.45) is 0. The van der Waals surface area contributed by atoms with Crippen molar-refractivity contribution in [2.24, 2.45) is 0 Å². The lowest BCUT2D eigenvalue weighted by atomic mass is 9.82. The van der Waals surface area contributed by atoms with Gasteiger partial charge in [-0.25, -0.2) is 0 Å². The highest BCUT2D eigenvalue weighted by Gasteiger charge is 2.37. The molecule has 0 N–H and O–H groups in total. The second kappa shape index (κ2) is 15.8. The number of benzene rings is 11. The van der Waals surface area contributed by atoms with Crippen molar-refractivity contribution in [1.29, 1.82) is 0 Å². The first-order valence-corrected chi connectivity index (χ1v) is 25.3. The molecule has 1 aliphatic rings. The lowest BCUT2D eigenvalue weighted by Crippen LogP contribution is -2.17. The Morgan fingerprint density at radius 3 is 1.32 bits per heavy atom. The van der Waals surface area contributed by atoms with E-state index in [4.69, 9.17) is 0 Å². The van der Waals surface area contributed by atoms with Crippen molar-refractivity contribution in [3.8, 4) is 39.3 Å². The van der Waals surface area contributed by atoms with Crippen molar-refractivity contribution < 1.29 is 0 Å². The average Bonchev–Trinajstić information content (AvgIpc) is 4.18. The summed E-state index contributed by atoms with van der Waals surface area (Å²) in [5.41, 5.74) is 21.4. The molecular weight excluding hydrogens is 885 g/mol. The van der Waals surface area contributed by atoms with Crippen LogP contribution < -0.4 is 4.90 Å². The molecule has 73 heavy (non-hydrogen) atoms. The fraction of sp³-hybridized carbons (Fsp3) is 0.0435. The second-order valence-corrected chi connectivity index (χ2v) is 20.1. The van der Waals surface area contributed by atoms with Crippen LogP contribution in [0, 0.1) is 0 Å². The number of aromatic nitrogens is 3. The van der Waals surface area contributed by atoms with E-state index in [0.717, 1.165) is 34.1 Å². The van der Waals surface area contributed by atoms with Crippen molar-refractivity contribution in [2.45, 2.75) is 19.3 Å². The molecule has 0 saturated heterocycles. The van der Waals surface area contributed by atoms with Gasteiger partial charge in [-0.15, -0.1) is 0 Å². The summed E-state index contributed by atoms with van der Waals surface area (Å²) in [5.74, 6) is 0. The summed E-state index contributed by atoms with van der Waals surface area (Å²) in [6, 6.07) is 93.7. The highest BCUT2D eigenvalue weighted by atomic mass is 15.1. The van der Waals surface area contributed by atoms with E-state index in [2.05, 4.69) is 287 Å². The van der Waals surface area contributed by atoms with Crippen LogP contribution in [0.15, 0.2) is 255 Å². The van der Waals surface area contributed by atoms with Gasteiger partial charge in [-0.1, -0.05) is 172 Å². The quantitative estimate of drug-likeness (QED) is 0.156. The second-order valence-electron chi connectivity index (χ2n) is 20.1. The van der Waals surface area contributed by atoms with Gasteiger partial charge in [0.25, 0.3) is 0 Å². The van der Waals surface area contributed by atoms with Gasteiger partial charge < -0.3 is 18.6 Å². The van der Waals surface area contributed by atoms with Crippen LogP contribution >= 0.6 is 0 Å². The molecule has 1 aliphatic carbocycles. The molecule has 0 fully saturated rings. The van der Waals surface area contributed by atoms with E-state index >= 15 is 0 Å². The number of para-hydroxylation sites is 5. The van der Waals surface area contributed by atoms with E-state index in [9.17, 15) is 0 Å². The Balaban J connectivity index is 0.969. The molecule has 15 rings (SSSR count). The summed E-state index contributed by atoms with van der Waals surface area (Å²) in [5, 5.41) is 7.42. The van der Waals surface area contributed by atoms with Crippen LogP contribution in [0.25, 0.3) is 105 Å². The molecule has 0 atom stereocenters. The molecule has 3 heterocycles. The Bertz CT molecular complexity index is 4440. The molecule has 3 aromatic heterocycles. The monoisotopic (exact) mass is 932 g/mol. The van der Waals surface area contributed by atoms with Crippen molar-refractivity contribution in [2.75, 3.05) is 4.90 Å². The van der Waals surface area contributed by atoms with Crippen LogP contribution in [-0.4, -0.2) is 13.7 Å². The highest BCUT2D eigenvalue weighted by Crippen LogP contribution is 2.52. The van der Waals surface area contributed by atoms with E-state index in [1.54, 1.807) is 0 Å². The summed E-state index contributed by atoms with van der Waals surface area (Å²) in [4.78, 5) is 2.37. The third-order valence-corrected chi connectivity index (χ3v) is 15.8. The molecule has 4 heteroatoms. The van der Waals surface area contributed by atoms with Crippen LogP contribution in [0.3, 0.4) is 0 Å². The van der Waals surface area contributed by atoms with Gasteiger partial charge in [0.2, 0.25) is 0 Å². The maximum absolute atomic E-state index is 2.58. The molecule has 14 aromatic rings. The standard InChI is InChI=1S/C69H48N4/c1-69(2)59-43-51(70(47-21-9-4-10-22-47)48-23-11-5-12-24-48)35-37-53(59)54-38-36-52(44-60(54)69)72-62-30-18-16-28-58(62)66-64(72)42-40-56-55-39-41-63-65(57-27-15-17-29-61(57)71(63)49-25-13-6-14-26-49)67(55)73(68(56)66)50-33-31-46(32-34-50)45-19-7-3-8-20-45/h3-44H,1-2H3. The van der Waals surface area contributed by atoms with Crippen molar-refractivity contribution >= 4 is 82.5 Å². The highest BCUT2D eigenvalue weighted by molar-refractivity contribution is 6.31. The van der Waals surface area contributed by atoms with Gasteiger partial charge in [-0.2, -0.15) is 0 Å². The number of hydrogen-bond donors (Lipinski definition) is 0. The smallest absolute Gasteiger partial charge is 0.0641 e. The summed E-state index contributed by atoms with van der Waals surface area (Å²) >= 11 is 0. The zero-order chi connectivity index (χ0) is 48.4. The molecule has 0 bridgehead atoms. The third-order valence-electron chi connectivity index (χ3n) is 15.8. The number of anilines is 3. The maximum atomic E-state index is 2.58. The van der Waals surface area contributed by atoms with Gasteiger partial charge in [-0.05, 0) is 130 Å². The normalized spacial score (nSPS) is 12.9. The molecule has 344 valence electrons. The average molecular weight is 933 g/mol. The fourth-order valence-electron chi connectivity index (χ4n) is 12.5. The summed E-state index contributed by atoms with van der Waals surface area (Å²) in [6.45, 7) is 4.79. The van der Waals surface area contributed by atoms with E-state index in [1.165, 1.54) is 98.8 Å². The van der Waals surface area contributed by atoms with Crippen molar-refractivity contribution in [3.05, 3.63) is 266 Å². The minimum absolute atomic E-state index is 0.260. The zero-order valence-electron chi connectivity index (χ0n) is 40.5. The third kappa shape index (κ3) is 6.08. The molecule has 0 saturated carbocycles. The SMILES string of the molecule is CC1(C)c2cc(N(c3ccccc3)c3ccccc3)ccc2-c2ccc(-n3c4ccccc4c4c3ccc3c5ccc6c(c7ccccc7n6-c6ccccc6)c5n(-c5ccc(-c6ccccc6)cc5)c34)cc21. The molecule has 0 aliphatic heterocycles. The van der Waals surface area contributed by atoms with E-state index in [-0.39, 0.29) is 5.41 Å². The fourth-order valence-corrected chi connectivity index (χ4v) is 12.5. The van der Waals surface area contributed by atoms with Crippen molar-refractivity contribution in [1.82, 2.24) is 13.7 Å². The number of hydrogen-bond acceptors (Lipinski definition) is 1. The molecule has 0 amide bonds. The first-order chi connectivity index (χ1) is 36.0. The Morgan fingerprint density at radius 2 is 0.740 bits per heavy atom. The van der Waals surface area contributed by atoms with E-state index in [1.807, 2.05) is 0 Å². The van der Waals surface area contributed by atoms with Gasteiger partial charge in [0, 0.05) is 71.9 Å². The molecule has 0 spiro atoms. The van der Waals surface area contributed by atoms with Gasteiger partial charge in [0.05, 0.1) is 33.1 Å². The first kappa shape index (κ1) is 41.4. The van der Waals surface area contributed by atoms with Crippen LogP contribution in [0.2, 0.25) is 0 Å². The van der Waals surface area contributed by atoms with Gasteiger partial charge in [0.1, 0.15) is 0 Å². The molecular formula is C69H48N4. The van der Waals surface area contributed by atoms with Gasteiger partial charge in [-0.3, -0.25) is 0 Å². The number of rotatable bonds is 7. The van der Waals surface area contributed by atoms with Gasteiger partial charge in [0.15, 0.2) is 0 Å². The molecule has 4 nitrogen and oxygen atoms in total. The Hall–Kier alpha value is -9.38.